The molecule has 0 bridgehead atoms. The summed E-state index contributed by atoms with van der Waals surface area (Å²) in [5.41, 5.74) is 1.02. The zero-order chi connectivity index (χ0) is 11.4. The molecule has 0 aliphatic heterocycles. The van der Waals surface area contributed by atoms with Gasteiger partial charge >= 0.3 is 6.01 Å². The maximum absolute atomic E-state index is 5.56. The second-order valence-electron chi connectivity index (χ2n) is 3.04. The van der Waals surface area contributed by atoms with E-state index in [0.29, 0.717) is 6.01 Å². The molecule has 5 heteroatoms. The molecule has 1 aromatic heterocycles. The van der Waals surface area contributed by atoms with Gasteiger partial charge in [-0.05, 0) is 40.3 Å². The van der Waals surface area contributed by atoms with Gasteiger partial charge in [-0.2, -0.15) is 0 Å². The van der Waals surface area contributed by atoms with E-state index >= 15 is 0 Å². The number of aromatic nitrogens is 2. The Kier molecular flexibility index (Phi) is 4.11. The third kappa shape index (κ3) is 2.91. The van der Waals surface area contributed by atoms with Gasteiger partial charge in [0.2, 0.25) is 0 Å². The minimum Gasteiger partial charge on any atom is -0.423 e. The van der Waals surface area contributed by atoms with Crippen molar-refractivity contribution in [2.24, 2.45) is 0 Å². The van der Waals surface area contributed by atoms with Gasteiger partial charge in [0.25, 0.3) is 0 Å². The Morgan fingerprint density at radius 1 is 1.19 bits per heavy atom. The van der Waals surface area contributed by atoms with Gasteiger partial charge in [0.05, 0.1) is 3.57 Å². The van der Waals surface area contributed by atoms with Crippen molar-refractivity contribution in [3.05, 3.63) is 45.8 Å². The van der Waals surface area contributed by atoms with Crippen LogP contribution in [0.3, 0.4) is 0 Å². The van der Waals surface area contributed by atoms with E-state index in [-0.39, 0.29) is 0 Å². The fourth-order valence-electron chi connectivity index (χ4n) is 1.09. The molecule has 0 saturated heterocycles. The Morgan fingerprint density at radius 2 is 1.88 bits per heavy atom. The number of halogens is 2. The highest BCUT2D eigenvalue weighted by molar-refractivity contribution is 14.1. The van der Waals surface area contributed by atoms with Crippen LogP contribution in [0.1, 0.15) is 5.56 Å². The molecule has 0 unspecified atom stereocenters. The van der Waals surface area contributed by atoms with Crippen molar-refractivity contribution in [3.63, 3.8) is 0 Å². The number of hydrogen-bond donors (Lipinski definition) is 0. The van der Waals surface area contributed by atoms with Crippen molar-refractivity contribution in [2.45, 2.75) is 5.33 Å². The summed E-state index contributed by atoms with van der Waals surface area (Å²) >= 11 is 5.55. The first-order valence-corrected chi connectivity index (χ1v) is 6.79. The predicted octanol–water partition coefficient (Wildman–Crippen LogP) is 3.77. The molecule has 0 amide bonds. The van der Waals surface area contributed by atoms with Crippen molar-refractivity contribution in [1.82, 2.24) is 9.97 Å². The maximum Gasteiger partial charge on any atom is 0.321 e. The normalized spacial score (nSPS) is 10.1. The summed E-state index contributed by atoms with van der Waals surface area (Å²) in [5, 5.41) is 0.746. The second kappa shape index (κ2) is 5.58. The second-order valence-corrected chi connectivity index (χ2v) is 4.76. The number of ether oxygens (including phenoxy) is 1. The standard InChI is InChI=1S/C11H8BrIN2O/c12-5-8-6-14-11(15-7-8)16-10-4-2-1-3-9(10)13/h1-4,6-7H,5H2. The van der Waals surface area contributed by atoms with Crippen LogP contribution in [0.15, 0.2) is 36.7 Å². The van der Waals surface area contributed by atoms with E-state index in [2.05, 4.69) is 48.5 Å². The topological polar surface area (TPSA) is 35.0 Å². The minimum absolute atomic E-state index is 0.369. The molecule has 1 heterocycles. The zero-order valence-electron chi connectivity index (χ0n) is 8.23. The van der Waals surface area contributed by atoms with Gasteiger partial charge in [0.1, 0.15) is 5.75 Å². The summed E-state index contributed by atoms with van der Waals surface area (Å²) in [5.74, 6) is 0.773. The van der Waals surface area contributed by atoms with Crippen molar-refractivity contribution in [2.75, 3.05) is 0 Å². The highest BCUT2D eigenvalue weighted by atomic mass is 127. The lowest BCUT2D eigenvalue weighted by Gasteiger charge is -2.05. The zero-order valence-corrected chi connectivity index (χ0v) is 12.0. The smallest absolute Gasteiger partial charge is 0.321 e. The summed E-state index contributed by atoms with van der Waals surface area (Å²) in [7, 11) is 0. The number of para-hydroxylation sites is 1. The summed E-state index contributed by atoms with van der Waals surface area (Å²) in [4.78, 5) is 8.24. The molecule has 0 N–H and O–H groups in total. The lowest BCUT2D eigenvalue weighted by Crippen LogP contribution is -1.93. The van der Waals surface area contributed by atoms with E-state index in [9.17, 15) is 0 Å². The molecule has 0 spiro atoms. The number of nitrogens with zero attached hydrogens (tertiary/aromatic N) is 2. The summed E-state index contributed by atoms with van der Waals surface area (Å²) < 4.78 is 6.60. The number of hydrogen-bond acceptors (Lipinski definition) is 3. The summed E-state index contributed by atoms with van der Waals surface area (Å²) in [6.45, 7) is 0. The van der Waals surface area contributed by atoms with Crippen LogP contribution in [0.5, 0.6) is 11.8 Å². The van der Waals surface area contributed by atoms with Crippen LogP contribution in [0.4, 0.5) is 0 Å². The molecule has 1 aromatic carbocycles. The van der Waals surface area contributed by atoms with E-state index in [1.807, 2.05) is 24.3 Å². The largest absolute Gasteiger partial charge is 0.423 e. The van der Waals surface area contributed by atoms with Crippen LogP contribution in [0.25, 0.3) is 0 Å². The third-order valence-corrected chi connectivity index (χ3v) is 3.41. The van der Waals surface area contributed by atoms with Gasteiger partial charge in [0, 0.05) is 17.7 Å². The van der Waals surface area contributed by atoms with E-state index in [1.165, 1.54) is 0 Å². The van der Waals surface area contributed by atoms with Gasteiger partial charge in [-0.1, -0.05) is 28.1 Å². The number of benzene rings is 1. The Labute approximate surface area is 116 Å². The Hall–Kier alpha value is -0.690. The first-order valence-electron chi connectivity index (χ1n) is 4.59. The molecule has 82 valence electrons. The molecule has 2 aromatic rings. The average molecular weight is 391 g/mol. The fraction of sp³-hybridized carbons (Fsp3) is 0.0909. The summed E-state index contributed by atoms with van der Waals surface area (Å²) in [6, 6.07) is 8.12. The molecule has 3 nitrogen and oxygen atoms in total. The van der Waals surface area contributed by atoms with Crippen LogP contribution in [-0.4, -0.2) is 9.97 Å². The average Bonchev–Trinajstić information content (AvgIpc) is 2.33. The monoisotopic (exact) mass is 390 g/mol. The number of rotatable bonds is 3. The SMILES string of the molecule is BrCc1cnc(Oc2ccccc2I)nc1. The van der Waals surface area contributed by atoms with Crippen molar-refractivity contribution >= 4 is 38.5 Å². The minimum atomic E-state index is 0.369. The van der Waals surface area contributed by atoms with E-state index < -0.39 is 0 Å². The van der Waals surface area contributed by atoms with Gasteiger partial charge in [-0.15, -0.1) is 0 Å². The van der Waals surface area contributed by atoms with Crippen LogP contribution >= 0.6 is 38.5 Å². The fourth-order valence-corrected chi connectivity index (χ4v) is 1.88. The molecule has 16 heavy (non-hydrogen) atoms. The van der Waals surface area contributed by atoms with E-state index in [4.69, 9.17) is 4.74 Å². The van der Waals surface area contributed by atoms with Gasteiger partial charge in [0.15, 0.2) is 0 Å². The predicted molar refractivity (Wildman–Crippen MR) is 73.9 cm³/mol. The lowest BCUT2D eigenvalue weighted by atomic mass is 10.3. The molecule has 0 aliphatic rings. The molecule has 2 rings (SSSR count). The van der Waals surface area contributed by atoms with Crippen LogP contribution in [-0.2, 0) is 5.33 Å². The molecule has 0 atom stereocenters. The van der Waals surface area contributed by atoms with Crippen LogP contribution in [0.2, 0.25) is 0 Å². The molecule has 0 saturated carbocycles. The molecule has 0 aliphatic carbocycles. The van der Waals surface area contributed by atoms with Gasteiger partial charge in [-0.25, -0.2) is 9.97 Å². The number of alkyl halides is 1. The quantitative estimate of drug-likeness (QED) is 0.591. The molecule has 0 fully saturated rings. The Balaban J connectivity index is 2.18. The van der Waals surface area contributed by atoms with E-state index in [0.717, 1.165) is 20.2 Å². The lowest BCUT2D eigenvalue weighted by molar-refractivity contribution is 0.438. The van der Waals surface area contributed by atoms with Crippen LogP contribution < -0.4 is 4.74 Å². The molecule has 0 radical (unpaired) electrons. The first-order chi connectivity index (χ1) is 7.79. The van der Waals surface area contributed by atoms with Crippen molar-refractivity contribution in [3.8, 4) is 11.8 Å². The third-order valence-electron chi connectivity index (χ3n) is 1.87. The Morgan fingerprint density at radius 3 is 2.50 bits per heavy atom. The van der Waals surface area contributed by atoms with Crippen molar-refractivity contribution in [1.29, 1.82) is 0 Å². The molecular weight excluding hydrogens is 383 g/mol. The van der Waals surface area contributed by atoms with Crippen LogP contribution in [0, 0.1) is 3.57 Å². The van der Waals surface area contributed by atoms with Gasteiger partial charge in [-0.3, -0.25) is 0 Å². The highest BCUT2D eigenvalue weighted by Crippen LogP contribution is 2.23. The maximum atomic E-state index is 5.56. The molecular formula is C11H8BrIN2O. The highest BCUT2D eigenvalue weighted by Gasteiger charge is 2.03. The Bertz CT molecular complexity index is 476. The first kappa shape index (κ1) is 11.8. The van der Waals surface area contributed by atoms with Gasteiger partial charge < -0.3 is 4.74 Å². The van der Waals surface area contributed by atoms with E-state index in [1.54, 1.807) is 12.4 Å². The summed E-state index contributed by atoms with van der Waals surface area (Å²) in [6.07, 6.45) is 3.49. The van der Waals surface area contributed by atoms with Crippen molar-refractivity contribution < 1.29 is 4.74 Å².